The minimum absolute atomic E-state index is 0.000600. The molecule has 2 atom stereocenters. The lowest BCUT2D eigenvalue weighted by atomic mass is 9.94. The van der Waals surface area contributed by atoms with Gasteiger partial charge in [0.25, 0.3) is 0 Å². The smallest absolute Gasteiger partial charge is 0.118 e. The van der Waals surface area contributed by atoms with E-state index in [1.165, 1.54) is 5.56 Å². The Morgan fingerprint density at radius 3 is 2.32 bits per heavy atom. The van der Waals surface area contributed by atoms with E-state index in [2.05, 4.69) is 25.0 Å². The maximum Gasteiger partial charge on any atom is 0.118 e. The first kappa shape index (κ1) is 16.1. The van der Waals surface area contributed by atoms with Gasteiger partial charge in [-0.2, -0.15) is 0 Å². The zero-order valence-electron chi connectivity index (χ0n) is 13.2. The number of benzene rings is 2. The van der Waals surface area contributed by atoms with Crippen molar-refractivity contribution in [1.82, 2.24) is 0 Å². The van der Waals surface area contributed by atoms with Crippen molar-refractivity contribution < 1.29 is 9.47 Å². The minimum Gasteiger partial charge on any atom is -0.497 e. The predicted octanol–water partition coefficient (Wildman–Crippen LogP) is 4.61. The van der Waals surface area contributed by atoms with Crippen LogP contribution in [0.25, 0.3) is 0 Å². The molecule has 0 bridgehead atoms. The van der Waals surface area contributed by atoms with Crippen LogP contribution >= 0.6 is 0 Å². The topological polar surface area (TPSA) is 18.5 Å². The first-order valence-corrected chi connectivity index (χ1v) is 7.47. The molecule has 0 aliphatic rings. The number of hydrogen-bond donors (Lipinski definition) is 0. The molecule has 2 aromatic rings. The zero-order chi connectivity index (χ0) is 15.8. The third kappa shape index (κ3) is 4.38. The second-order valence-electron chi connectivity index (χ2n) is 5.38. The van der Waals surface area contributed by atoms with Gasteiger partial charge in [-0.3, -0.25) is 0 Å². The molecule has 114 valence electrons. The van der Waals surface area contributed by atoms with E-state index in [1.807, 2.05) is 42.5 Å². The molecule has 2 unspecified atom stereocenters. The van der Waals surface area contributed by atoms with Crippen LogP contribution in [0.1, 0.15) is 30.6 Å². The molecule has 0 N–H and O–H groups in total. The van der Waals surface area contributed by atoms with E-state index in [0.717, 1.165) is 11.3 Å². The molecular weight excluding hydrogens is 272 g/mol. The van der Waals surface area contributed by atoms with Crippen LogP contribution in [0.3, 0.4) is 0 Å². The van der Waals surface area contributed by atoms with E-state index in [1.54, 1.807) is 7.11 Å². The summed E-state index contributed by atoms with van der Waals surface area (Å²) >= 11 is 0. The Morgan fingerprint density at radius 2 is 1.73 bits per heavy atom. The molecule has 2 rings (SSSR count). The van der Waals surface area contributed by atoms with Gasteiger partial charge in [-0.15, -0.1) is 12.3 Å². The van der Waals surface area contributed by atoms with Crippen LogP contribution in [-0.4, -0.2) is 7.11 Å². The van der Waals surface area contributed by atoms with Gasteiger partial charge in [0.05, 0.1) is 19.8 Å². The fourth-order valence-electron chi connectivity index (χ4n) is 2.43. The summed E-state index contributed by atoms with van der Waals surface area (Å²) in [4.78, 5) is 0. The lowest BCUT2D eigenvalue weighted by Crippen LogP contribution is -2.13. The summed E-state index contributed by atoms with van der Waals surface area (Å²) in [7, 11) is 1.67. The van der Waals surface area contributed by atoms with Gasteiger partial charge in [0.1, 0.15) is 5.75 Å². The number of ether oxygens (including phenoxy) is 2. The van der Waals surface area contributed by atoms with Gasteiger partial charge >= 0.3 is 0 Å². The molecule has 0 saturated heterocycles. The van der Waals surface area contributed by atoms with E-state index in [9.17, 15) is 0 Å². The summed E-state index contributed by atoms with van der Waals surface area (Å²) in [6, 6.07) is 18.2. The molecular formula is C20H22O2. The number of terminal acetylenes is 1. The molecule has 0 radical (unpaired) electrons. The van der Waals surface area contributed by atoms with Gasteiger partial charge in [0, 0.05) is 6.42 Å². The average molecular weight is 294 g/mol. The van der Waals surface area contributed by atoms with Crippen molar-refractivity contribution in [2.75, 3.05) is 7.11 Å². The Kier molecular flexibility index (Phi) is 6.06. The summed E-state index contributed by atoms with van der Waals surface area (Å²) in [6.45, 7) is 2.68. The standard InChI is InChI=1S/C20H22O2/c1-4-8-16(2)20(18-9-6-5-7-10-18)22-15-17-11-13-19(21-3)14-12-17/h1,5-7,9-14,16,20H,8,15H2,2-3H3. The highest BCUT2D eigenvalue weighted by Gasteiger charge is 2.19. The van der Waals surface area contributed by atoms with Crippen LogP contribution in [-0.2, 0) is 11.3 Å². The van der Waals surface area contributed by atoms with Crippen molar-refractivity contribution in [1.29, 1.82) is 0 Å². The molecule has 0 saturated carbocycles. The van der Waals surface area contributed by atoms with Crippen LogP contribution < -0.4 is 4.74 Å². The van der Waals surface area contributed by atoms with E-state index in [0.29, 0.717) is 13.0 Å². The van der Waals surface area contributed by atoms with Gasteiger partial charge in [0.2, 0.25) is 0 Å². The minimum atomic E-state index is -0.000600. The number of rotatable bonds is 7. The third-order valence-electron chi connectivity index (χ3n) is 3.67. The largest absolute Gasteiger partial charge is 0.497 e. The Hall–Kier alpha value is -2.24. The van der Waals surface area contributed by atoms with Crippen molar-refractivity contribution in [2.45, 2.75) is 26.1 Å². The highest BCUT2D eigenvalue weighted by Crippen LogP contribution is 2.29. The summed E-state index contributed by atoms with van der Waals surface area (Å²) in [5.74, 6) is 3.85. The number of methoxy groups -OCH3 is 1. The van der Waals surface area contributed by atoms with Crippen molar-refractivity contribution in [2.24, 2.45) is 5.92 Å². The van der Waals surface area contributed by atoms with E-state index < -0.39 is 0 Å². The van der Waals surface area contributed by atoms with Crippen LogP contribution in [0.15, 0.2) is 54.6 Å². The van der Waals surface area contributed by atoms with Gasteiger partial charge in [0.15, 0.2) is 0 Å². The van der Waals surface area contributed by atoms with Crippen LogP contribution in [0.2, 0.25) is 0 Å². The molecule has 2 aromatic carbocycles. The summed E-state index contributed by atoms with van der Waals surface area (Å²) in [5, 5.41) is 0. The van der Waals surface area contributed by atoms with Crippen molar-refractivity contribution >= 4 is 0 Å². The van der Waals surface area contributed by atoms with Crippen molar-refractivity contribution in [3.63, 3.8) is 0 Å². The second-order valence-corrected chi connectivity index (χ2v) is 5.38. The molecule has 0 aliphatic carbocycles. The molecule has 0 amide bonds. The van der Waals surface area contributed by atoms with Gasteiger partial charge in [-0.1, -0.05) is 49.4 Å². The van der Waals surface area contributed by atoms with Crippen LogP contribution in [0.5, 0.6) is 5.75 Å². The van der Waals surface area contributed by atoms with Gasteiger partial charge in [-0.05, 0) is 29.2 Å². The molecule has 0 heterocycles. The Morgan fingerprint density at radius 1 is 1.05 bits per heavy atom. The average Bonchev–Trinajstić information content (AvgIpc) is 2.57. The Bertz CT molecular complexity index is 596. The normalized spacial score (nSPS) is 13.1. The highest BCUT2D eigenvalue weighted by atomic mass is 16.5. The summed E-state index contributed by atoms with van der Waals surface area (Å²) < 4.78 is 11.3. The SMILES string of the molecule is C#CCC(C)C(OCc1ccc(OC)cc1)c1ccccc1. The molecule has 0 aliphatic heterocycles. The molecule has 0 fully saturated rings. The van der Waals surface area contributed by atoms with Crippen LogP contribution in [0.4, 0.5) is 0 Å². The second kappa shape index (κ2) is 8.26. The summed E-state index contributed by atoms with van der Waals surface area (Å²) in [6.07, 6.45) is 6.16. The van der Waals surface area contributed by atoms with Gasteiger partial charge < -0.3 is 9.47 Å². The monoisotopic (exact) mass is 294 g/mol. The highest BCUT2D eigenvalue weighted by molar-refractivity contribution is 5.27. The molecule has 2 nitrogen and oxygen atoms in total. The van der Waals surface area contributed by atoms with Crippen molar-refractivity contribution in [3.05, 3.63) is 65.7 Å². The van der Waals surface area contributed by atoms with Gasteiger partial charge in [-0.25, -0.2) is 0 Å². The first-order valence-electron chi connectivity index (χ1n) is 7.47. The maximum absolute atomic E-state index is 6.17. The Balaban J connectivity index is 2.07. The fourth-order valence-corrected chi connectivity index (χ4v) is 2.43. The third-order valence-corrected chi connectivity index (χ3v) is 3.67. The fraction of sp³-hybridized carbons (Fsp3) is 0.300. The first-order chi connectivity index (χ1) is 10.7. The lowest BCUT2D eigenvalue weighted by molar-refractivity contribution is 0.00527. The molecule has 0 spiro atoms. The molecule has 22 heavy (non-hydrogen) atoms. The zero-order valence-corrected chi connectivity index (χ0v) is 13.2. The predicted molar refractivity (Wildman–Crippen MR) is 89.6 cm³/mol. The molecule has 0 aromatic heterocycles. The van der Waals surface area contributed by atoms with E-state index in [4.69, 9.17) is 15.9 Å². The summed E-state index contributed by atoms with van der Waals surface area (Å²) in [5.41, 5.74) is 2.29. The van der Waals surface area contributed by atoms with E-state index in [-0.39, 0.29) is 12.0 Å². The number of hydrogen-bond acceptors (Lipinski definition) is 2. The van der Waals surface area contributed by atoms with Crippen molar-refractivity contribution in [3.8, 4) is 18.1 Å². The van der Waals surface area contributed by atoms with Crippen LogP contribution in [0, 0.1) is 18.3 Å². The van der Waals surface area contributed by atoms with E-state index >= 15 is 0 Å². The lowest BCUT2D eigenvalue weighted by Gasteiger charge is -2.23. The molecule has 2 heteroatoms. The Labute approximate surface area is 133 Å². The maximum atomic E-state index is 6.17. The quantitative estimate of drug-likeness (QED) is 0.694.